The maximum Gasteiger partial charge on any atom is 0.0700 e. The number of nitrogens with one attached hydrogen (secondary N) is 1. The SMILES string of the molecule is CC(NCC1CCCO1)c1ccc(Cl)cc1. The van der Waals surface area contributed by atoms with Crippen molar-refractivity contribution in [1.82, 2.24) is 5.32 Å². The Labute approximate surface area is 102 Å². The van der Waals surface area contributed by atoms with Crippen LogP contribution in [0.5, 0.6) is 0 Å². The van der Waals surface area contributed by atoms with Gasteiger partial charge in [0.15, 0.2) is 0 Å². The molecule has 0 aliphatic carbocycles. The molecule has 16 heavy (non-hydrogen) atoms. The quantitative estimate of drug-likeness (QED) is 0.872. The van der Waals surface area contributed by atoms with Crippen molar-refractivity contribution in [3.05, 3.63) is 34.9 Å². The molecule has 1 fully saturated rings. The average molecular weight is 240 g/mol. The van der Waals surface area contributed by atoms with Gasteiger partial charge in [0.25, 0.3) is 0 Å². The van der Waals surface area contributed by atoms with Crippen LogP contribution in [0, 0.1) is 0 Å². The highest BCUT2D eigenvalue weighted by Crippen LogP contribution is 2.17. The number of hydrogen-bond acceptors (Lipinski definition) is 2. The molecule has 1 N–H and O–H groups in total. The molecular formula is C13H18ClNO. The molecular weight excluding hydrogens is 222 g/mol. The lowest BCUT2D eigenvalue weighted by Gasteiger charge is -2.17. The monoisotopic (exact) mass is 239 g/mol. The summed E-state index contributed by atoms with van der Waals surface area (Å²) < 4.78 is 5.57. The van der Waals surface area contributed by atoms with Gasteiger partial charge in [-0.05, 0) is 37.5 Å². The third-order valence-electron chi connectivity index (χ3n) is 3.05. The molecule has 88 valence electrons. The van der Waals surface area contributed by atoms with Gasteiger partial charge < -0.3 is 10.1 Å². The standard InChI is InChI=1S/C13H18ClNO/c1-10(11-4-6-12(14)7-5-11)15-9-13-3-2-8-16-13/h4-7,10,13,15H,2-3,8-9H2,1H3. The summed E-state index contributed by atoms with van der Waals surface area (Å²) in [5.41, 5.74) is 1.27. The van der Waals surface area contributed by atoms with Crippen molar-refractivity contribution in [2.24, 2.45) is 0 Å². The van der Waals surface area contributed by atoms with Gasteiger partial charge in [-0.15, -0.1) is 0 Å². The minimum atomic E-state index is 0.349. The molecule has 0 radical (unpaired) electrons. The first-order valence-electron chi connectivity index (χ1n) is 5.86. The molecule has 0 spiro atoms. The van der Waals surface area contributed by atoms with Gasteiger partial charge in [-0.25, -0.2) is 0 Å². The third-order valence-corrected chi connectivity index (χ3v) is 3.30. The van der Waals surface area contributed by atoms with E-state index in [4.69, 9.17) is 16.3 Å². The molecule has 0 amide bonds. The molecule has 0 bridgehead atoms. The van der Waals surface area contributed by atoms with Crippen molar-refractivity contribution >= 4 is 11.6 Å². The Balaban J connectivity index is 1.82. The van der Waals surface area contributed by atoms with E-state index in [1.165, 1.54) is 18.4 Å². The summed E-state index contributed by atoms with van der Waals surface area (Å²) >= 11 is 5.86. The van der Waals surface area contributed by atoms with E-state index >= 15 is 0 Å². The van der Waals surface area contributed by atoms with Crippen molar-refractivity contribution < 1.29 is 4.74 Å². The molecule has 1 aliphatic rings. The fraction of sp³-hybridized carbons (Fsp3) is 0.538. The zero-order chi connectivity index (χ0) is 11.4. The topological polar surface area (TPSA) is 21.3 Å². The van der Waals surface area contributed by atoms with Crippen molar-refractivity contribution in [1.29, 1.82) is 0 Å². The maximum absolute atomic E-state index is 5.86. The highest BCUT2D eigenvalue weighted by atomic mass is 35.5. The molecule has 1 aliphatic heterocycles. The lowest BCUT2D eigenvalue weighted by molar-refractivity contribution is 0.108. The van der Waals surface area contributed by atoms with Crippen LogP contribution in [0.2, 0.25) is 5.02 Å². The Morgan fingerprint density at radius 3 is 2.81 bits per heavy atom. The summed E-state index contributed by atoms with van der Waals surface area (Å²) in [4.78, 5) is 0. The van der Waals surface area contributed by atoms with Crippen LogP contribution in [0.25, 0.3) is 0 Å². The van der Waals surface area contributed by atoms with Crippen molar-refractivity contribution in [3.8, 4) is 0 Å². The zero-order valence-corrected chi connectivity index (χ0v) is 10.3. The van der Waals surface area contributed by atoms with Crippen LogP contribution in [0.3, 0.4) is 0 Å². The Morgan fingerprint density at radius 1 is 1.44 bits per heavy atom. The first-order valence-corrected chi connectivity index (χ1v) is 6.24. The van der Waals surface area contributed by atoms with E-state index in [-0.39, 0.29) is 0 Å². The Bertz CT molecular complexity index is 319. The van der Waals surface area contributed by atoms with Crippen LogP contribution >= 0.6 is 11.6 Å². The van der Waals surface area contributed by atoms with Crippen LogP contribution < -0.4 is 5.32 Å². The molecule has 1 aromatic rings. The Hall–Kier alpha value is -0.570. The average Bonchev–Trinajstić information content (AvgIpc) is 2.80. The van der Waals surface area contributed by atoms with E-state index < -0.39 is 0 Å². The summed E-state index contributed by atoms with van der Waals surface area (Å²) in [5.74, 6) is 0. The summed E-state index contributed by atoms with van der Waals surface area (Å²) in [5, 5.41) is 4.28. The summed E-state index contributed by atoms with van der Waals surface area (Å²) in [6.45, 7) is 4.02. The van der Waals surface area contributed by atoms with Gasteiger partial charge in [0.1, 0.15) is 0 Å². The van der Waals surface area contributed by atoms with E-state index in [1.54, 1.807) is 0 Å². The van der Waals surface area contributed by atoms with Crippen molar-refractivity contribution in [2.45, 2.75) is 31.9 Å². The molecule has 1 heterocycles. The normalized spacial score (nSPS) is 22.2. The van der Waals surface area contributed by atoms with Crippen molar-refractivity contribution in [3.63, 3.8) is 0 Å². The second-order valence-electron chi connectivity index (χ2n) is 4.32. The summed E-state index contributed by atoms with van der Waals surface area (Å²) in [6.07, 6.45) is 2.77. The van der Waals surface area contributed by atoms with E-state index in [9.17, 15) is 0 Å². The van der Waals surface area contributed by atoms with E-state index in [1.807, 2.05) is 12.1 Å². The Kier molecular flexibility index (Phi) is 4.22. The lowest BCUT2D eigenvalue weighted by Crippen LogP contribution is -2.28. The van der Waals surface area contributed by atoms with Crippen molar-refractivity contribution in [2.75, 3.05) is 13.2 Å². The minimum absolute atomic E-state index is 0.349. The number of halogens is 1. The van der Waals surface area contributed by atoms with E-state index in [0.29, 0.717) is 12.1 Å². The first kappa shape index (κ1) is 11.9. The third kappa shape index (κ3) is 3.21. The van der Waals surface area contributed by atoms with Gasteiger partial charge in [0.2, 0.25) is 0 Å². The highest BCUT2D eigenvalue weighted by molar-refractivity contribution is 6.30. The van der Waals surface area contributed by atoms with E-state index in [0.717, 1.165) is 18.2 Å². The number of ether oxygens (including phenoxy) is 1. The van der Waals surface area contributed by atoms with Gasteiger partial charge in [0, 0.05) is 24.2 Å². The number of rotatable bonds is 4. The molecule has 3 heteroatoms. The second kappa shape index (κ2) is 5.67. The fourth-order valence-electron chi connectivity index (χ4n) is 1.98. The van der Waals surface area contributed by atoms with Crippen LogP contribution in [-0.2, 0) is 4.74 Å². The largest absolute Gasteiger partial charge is 0.377 e. The molecule has 1 saturated heterocycles. The lowest BCUT2D eigenvalue weighted by atomic mass is 10.1. The highest BCUT2D eigenvalue weighted by Gasteiger charge is 2.16. The van der Waals surface area contributed by atoms with E-state index in [2.05, 4.69) is 24.4 Å². The molecule has 1 aromatic carbocycles. The fourth-order valence-corrected chi connectivity index (χ4v) is 2.11. The maximum atomic E-state index is 5.86. The van der Waals surface area contributed by atoms with Crippen LogP contribution in [0.4, 0.5) is 0 Å². The van der Waals surface area contributed by atoms with Gasteiger partial charge in [-0.3, -0.25) is 0 Å². The molecule has 2 atom stereocenters. The Morgan fingerprint density at radius 2 is 2.19 bits per heavy atom. The summed E-state index contributed by atoms with van der Waals surface area (Å²) in [6, 6.07) is 8.34. The minimum Gasteiger partial charge on any atom is -0.377 e. The second-order valence-corrected chi connectivity index (χ2v) is 4.75. The molecule has 2 rings (SSSR count). The van der Waals surface area contributed by atoms with Crippen LogP contribution in [0.1, 0.15) is 31.4 Å². The van der Waals surface area contributed by atoms with Gasteiger partial charge >= 0.3 is 0 Å². The molecule has 0 saturated carbocycles. The zero-order valence-electron chi connectivity index (χ0n) is 9.58. The van der Waals surface area contributed by atoms with Crippen LogP contribution in [-0.4, -0.2) is 19.3 Å². The predicted octanol–water partition coefficient (Wildman–Crippen LogP) is 3.17. The number of hydrogen-bond donors (Lipinski definition) is 1. The molecule has 0 aromatic heterocycles. The van der Waals surface area contributed by atoms with Gasteiger partial charge in [-0.1, -0.05) is 23.7 Å². The first-order chi connectivity index (χ1) is 7.75. The number of benzene rings is 1. The van der Waals surface area contributed by atoms with Gasteiger partial charge in [0.05, 0.1) is 6.10 Å². The molecule has 2 nitrogen and oxygen atoms in total. The van der Waals surface area contributed by atoms with Crippen LogP contribution in [0.15, 0.2) is 24.3 Å². The predicted molar refractivity (Wildman–Crippen MR) is 66.8 cm³/mol. The summed E-state index contributed by atoms with van der Waals surface area (Å²) in [7, 11) is 0. The smallest absolute Gasteiger partial charge is 0.0700 e. The molecule has 2 unspecified atom stereocenters. The van der Waals surface area contributed by atoms with Gasteiger partial charge in [-0.2, -0.15) is 0 Å².